The Morgan fingerprint density at radius 2 is 0.973 bits per heavy atom. The number of esters is 1. The fourth-order valence-electron chi connectivity index (χ4n) is 9.57. The molecule has 74 heavy (non-hydrogen) atoms. The van der Waals surface area contributed by atoms with E-state index < -0.39 is 67.4 Å². The Labute approximate surface area is 453 Å². The lowest BCUT2D eigenvalue weighted by atomic mass is 9.99. The van der Waals surface area contributed by atoms with Gasteiger partial charge in [0.05, 0.1) is 25.4 Å². The molecule has 8 atom stereocenters. The van der Waals surface area contributed by atoms with Crippen LogP contribution in [-0.4, -0.2) is 99.6 Å². The smallest absolute Gasteiger partial charge is 0.306 e. The van der Waals surface area contributed by atoms with Crippen molar-refractivity contribution < 1.29 is 49.3 Å². The Balaban J connectivity index is 2.63. The SMILES string of the molecule is CC/C=C/C/C=C/CCCCCCCCC(O)C(=O)NC(COC1OC(CO)C(O)C(O)C1OC(=O)CCCCCCCCCCCCC/C=C/CCCCCCCC)C(O)/C=C/CCCCCCCCCCC. The number of aliphatic hydroxyl groups is 5. The van der Waals surface area contributed by atoms with E-state index in [2.05, 4.69) is 62.5 Å². The number of carbonyl (C=O) groups excluding carboxylic acids is 2. The van der Waals surface area contributed by atoms with E-state index in [1.807, 2.05) is 6.08 Å². The van der Waals surface area contributed by atoms with E-state index in [-0.39, 0.29) is 19.4 Å². The molecule has 0 aromatic carbocycles. The molecule has 6 N–H and O–H groups in total. The van der Waals surface area contributed by atoms with Crippen LogP contribution in [0.2, 0.25) is 0 Å². The molecule has 0 aromatic heterocycles. The quantitative estimate of drug-likeness (QED) is 0.0195. The number of aliphatic hydroxyl groups excluding tert-OH is 5. The van der Waals surface area contributed by atoms with Gasteiger partial charge < -0.3 is 45.1 Å². The predicted octanol–water partition coefficient (Wildman–Crippen LogP) is 14.4. The molecule has 1 fully saturated rings. The maximum Gasteiger partial charge on any atom is 0.306 e. The highest BCUT2D eigenvalue weighted by atomic mass is 16.7. The van der Waals surface area contributed by atoms with Gasteiger partial charge in [0.2, 0.25) is 5.91 Å². The number of hydrogen-bond acceptors (Lipinski definition) is 10. The molecule has 1 saturated heterocycles. The summed E-state index contributed by atoms with van der Waals surface area (Å²) in [7, 11) is 0. The normalized spacial score (nSPS) is 19.6. The summed E-state index contributed by atoms with van der Waals surface area (Å²) in [6, 6.07) is -1.03. The van der Waals surface area contributed by atoms with Crippen molar-refractivity contribution in [2.45, 2.75) is 327 Å². The maximum absolute atomic E-state index is 13.4. The molecule has 1 aliphatic rings. The average molecular weight is 1050 g/mol. The van der Waals surface area contributed by atoms with Crippen LogP contribution in [0.15, 0.2) is 48.6 Å². The molecule has 11 nitrogen and oxygen atoms in total. The van der Waals surface area contributed by atoms with Gasteiger partial charge in [-0.2, -0.15) is 0 Å². The number of rotatable bonds is 52. The standard InChI is InChI=1S/C63H115NO10/c1-4-7-10-13-16-19-22-24-25-26-27-28-29-30-31-33-36-39-42-45-48-51-58(68)74-61-60(70)59(69)57(52-65)73-63(61)72-53-54(55(66)49-46-43-40-37-34-21-18-15-12-9-6-3)64-62(71)56(67)50-47-44-41-38-35-32-23-20-17-14-11-8-5-2/h8,11,17,20,24-25,46,49,54-57,59-61,63,65-67,69-70H,4-7,9-10,12-16,18-19,21-23,26-45,47-48,50-53H2,1-3H3,(H,64,71)/b11-8+,20-17+,25-24+,49-46+. The zero-order valence-corrected chi connectivity index (χ0v) is 47.7. The highest BCUT2D eigenvalue weighted by molar-refractivity contribution is 5.80. The fourth-order valence-corrected chi connectivity index (χ4v) is 9.57. The molecular formula is C63H115NO10. The van der Waals surface area contributed by atoms with E-state index in [0.717, 1.165) is 89.9 Å². The molecule has 0 spiro atoms. The molecule has 432 valence electrons. The van der Waals surface area contributed by atoms with Gasteiger partial charge in [-0.25, -0.2) is 0 Å². The van der Waals surface area contributed by atoms with Crippen LogP contribution in [0.25, 0.3) is 0 Å². The van der Waals surface area contributed by atoms with Crippen molar-refractivity contribution in [1.82, 2.24) is 5.32 Å². The molecule has 0 aromatic rings. The number of ether oxygens (including phenoxy) is 3. The van der Waals surface area contributed by atoms with Gasteiger partial charge in [0.25, 0.3) is 0 Å². The van der Waals surface area contributed by atoms with E-state index in [4.69, 9.17) is 14.2 Å². The van der Waals surface area contributed by atoms with E-state index >= 15 is 0 Å². The zero-order valence-electron chi connectivity index (χ0n) is 47.7. The van der Waals surface area contributed by atoms with Crippen molar-refractivity contribution >= 4 is 11.9 Å². The minimum absolute atomic E-state index is 0.123. The third kappa shape index (κ3) is 39.1. The summed E-state index contributed by atoms with van der Waals surface area (Å²) in [5.74, 6) is -1.20. The third-order valence-corrected chi connectivity index (χ3v) is 14.5. The lowest BCUT2D eigenvalue weighted by Crippen LogP contribution is -2.61. The molecule has 1 heterocycles. The number of nitrogens with one attached hydrogen (secondary N) is 1. The molecular weight excluding hydrogens is 931 g/mol. The Kier molecular flexibility index (Phi) is 48.3. The van der Waals surface area contributed by atoms with Crippen LogP contribution in [0, 0.1) is 0 Å². The van der Waals surface area contributed by atoms with Crippen molar-refractivity contribution in [1.29, 1.82) is 0 Å². The summed E-state index contributed by atoms with van der Waals surface area (Å²) in [5, 5.41) is 56.9. The largest absolute Gasteiger partial charge is 0.454 e. The zero-order chi connectivity index (χ0) is 54.0. The monoisotopic (exact) mass is 1050 g/mol. The first kappa shape index (κ1) is 69.6. The second kappa shape index (κ2) is 51.4. The van der Waals surface area contributed by atoms with Crippen LogP contribution in [0.3, 0.4) is 0 Å². The average Bonchev–Trinajstić information content (AvgIpc) is 3.40. The summed E-state index contributed by atoms with van der Waals surface area (Å²) >= 11 is 0. The molecule has 0 bridgehead atoms. The predicted molar refractivity (Wildman–Crippen MR) is 306 cm³/mol. The Morgan fingerprint density at radius 3 is 1.46 bits per heavy atom. The van der Waals surface area contributed by atoms with Crippen LogP contribution >= 0.6 is 0 Å². The summed E-state index contributed by atoms with van der Waals surface area (Å²) in [4.78, 5) is 26.5. The molecule has 1 aliphatic heterocycles. The van der Waals surface area contributed by atoms with Gasteiger partial charge in [-0.3, -0.25) is 9.59 Å². The van der Waals surface area contributed by atoms with Gasteiger partial charge in [-0.15, -0.1) is 0 Å². The van der Waals surface area contributed by atoms with Gasteiger partial charge >= 0.3 is 5.97 Å². The first-order valence-electron chi connectivity index (χ1n) is 30.9. The van der Waals surface area contributed by atoms with Crippen LogP contribution in [0.1, 0.15) is 278 Å². The first-order chi connectivity index (χ1) is 36.2. The summed E-state index contributed by atoms with van der Waals surface area (Å²) < 4.78 is 17.6. The number of amides is 1. The Morgan fingerprint density at radius 1 is 0.541 bits per heavy atom. The lowest BCUT2D eigenvalue weighted by Gasteiger charge is -2.41. The fraction of sp³-hybridized carbons (Fsp3) is 0.841. The minimum Gasteiger partial charge on any atom is -0.454 e. The highest BCUT2D eigenvalue weighted by Crippen LogP contribution is 2.26. The van der Waals surface area contributed by atoms with Crippen molar-refractivity contribution in [3.05, 3.63) is 48.6 Å². The number of allylic oxidation sites excluding steroid dienone is 7. The van der Waals surface area contributed by atoms with Gasteiger partial charge in [0.15, 0.2) is 12.4 Å². The first-order valence-corrected chi connectivity index (χ1v) is 30.9. The Bertz CT molecular complexity index is 1390. The summed E-state index contributed by atoms with van der Waals surface area (Å²) in [6.45, 7) is 5.67. The second-order valence-electron chi connectivity index (χ2n) is 21.4. The molecule has 1 rings (SSSR count). The topological polar surface area (TPSA) is 175 Å². The summed E-state index contributed by atoms with van der Waals surface area (Å²) in [5.41, 5.74) is 0. The van der Waals surface area contributed by atoms with Gasteiger partial charge in [0.1, 0.15) is 24.4 Å². The number of carbonyl (C=O) groups is 2. The van der Waals surface area contributed by atoms with E-state index in [1.54, 1.807) is 6.08 Å². The van der Waals surface area contributed by atoms with Gasteiger partial charge in [-0.05, 0) is 77.0 Å². The number of unbranched alkanes of at least 4 members (excludes halogenated alkanes) is 32. The van der Waals surface area contributed by atoms with E-state index in [1.165, 1.54) is 141 Å². The van der Waals surface area contributed by atoms with E-state index in [9.17, 15) is 35.1 Å². The maximum atomic E-state index is 13.4. The third-order valence-electron chi connectivity index (χ3n) is 14.5. The molecule has 8 unspecified atom stereocenters. The number of hydrogen-bond donors (Lipinski definition) is 6. The molecule has 1 amide bonds. The molecule has 0 radical (unpaired) electrons. The van der Waals surface area contributed by atoms with Crippen LogP contribution in [-0.2, 0) is 23.8 Å². The molecule has 11 heteroatoms. The second-order valence-corrected chi connectivity index (χ2v) is 21.4. The van der Waals surface area contributed by atoms with Crippen molar-refractivity contribution in [2.75, 3.05) is 13.2 Å². The van der Waals surface area contributed by atoms with Crippen molar-refractivity contribution in [2.24, 2.45) is 0 Å². The van der Waals surface area contributed by atoms with Gasteiger partial charge in [0, 0.05) is 6.42 Å². The van der Waals surface area contributed by atoms with Crippen molar-refractivity contribution in [3.63, 3.8) is 0 Å². The van der Waals surface area contributed by atoms with Crippen LogP contribution < -0.4 is 5.32 Å². The molecule has 0 aliphatic carbocycles. The lowest BCUT2D eigenvalue weighted by molar-refractivity contribution is -0.305. The van der Waals surface area contributed by atoms with Crippen LogP contribution in [0.4, 0.5) is 0 Å². The minimum atomic E-state index is -1.61. The van der Waals surface area contributed by atoms with Crippen LogP contribution in [0.5, 0.6) is 0 Å². The van der Waals surface area contributed by atoms with Crippen molar-refractivity contribution in [3.8, 4) is 0 Å². The summed E-state index contributed by atoms with van der Waals surface area (Å²) in [6.07, 6.45) is 51.6. The van der Waals surface area contributed by atoms with E-state index in [0.29, 0.717) is 12.8 Å². The molecule has 0 saturated carbocycles. The highest BCUT2D eigenvalue weighted by Gasteiger charge is 2.47. The van der Waals surface area contributed by atoms with Gasteiger partial charge in [-0.1, -0.05) is 243 Å². The Hall–Kier alpha value is -2.38.